The molecule has 0 radical (unpaired) electrons. The maximum absolute atomic E-state index is 12.6. The van der Waals surface area contributed by atoms with Crippen LogP contribution in [0.15, 0.2) is 0 Å². The number of hydrogen-bond acceptors (Lipinski definition) is 3. The van der Waals surface area contributed by atoms with E-state index in [0.717, 1.165) is 37.2 Å². The Morgan fingerprint density at radius 2 is 1.95 bits per heavy atom. The van der Waals surface area contributed by atoms with Gasteiger partial charge in [-0.15, -0.1) is 0 Å². The lowest BCUT2D eigenvalue weighted by Crippen LogP contribution is -2.49. The molecule has 1 unspecified atom stereocenters. The van der Waals surface area contributed by atoms with E-state index in [9.17, 15) is 9.00 Å². The number of rotatable bonds is 7. The highest BCUT2D eigenvalue weighted by Gasteiger charge is 2.38. The molecule has 1 aliphatic rings. The average molecular weight is 306 g/mol. The summed E-state index contributed by atoms with van der Waals surface area (Å²) in [6.07, 6.45) is 5.57. The van der Waals surface area contributed by atoms with E-state index >= 15 is 0 Å². The Bertz CT molecular complexity index is 313. The number of thioether (sulfide) groups is 1. The second kappa shape index (κ2) is 8.30. The second-order valence-electron chi connectivity index (χ2n) is 5.52. The van der Waals surface area contributed by atoms with E-state index < -0.39 is 15.5 Å². The number of carbonyl (C=O) groups excluding carboxylic acids is 1. The molecule has 1 atom stereocenters. The van der Waals surface area contributed by atoms with Gasteiger partial charge in [0, 0.05) is 28.3 Å². The summed E-state index contributed by atoms with van der Waals surface area (Å²) in [6, 6.07) is 0. The lowest BCUT2D eigenvalue weighted by atomic mass is 10.0. The third-order valence-corrected chi connectivity index (χ3v) is 6.81. The Labute approximate surface area is 124 Å². The predicted molar refractivity (Wildman–Crippen MR) is 85.1 cm³/mol. The van der Waals surface area contributed by atoms with E-state index in [2.05, 4.69) is 12.2 Å². The van der Waals surface area contributed by atoms with Crippen LogP contribution in [0.1, 0.15) is 52.9 Å². The van der Waals surface area contributed by atoms with Crippen LogP contribution in [-0.2, 0) is 15.6 Å². The van der Waals surface area contributed by atoms with Gasteiger partial charge in [-0.05, 0) is 32.4 Å². The minimum atomic E-state index is -1.07. The van der Waals surface area contributed by atoms with Gasteiger partial charge in [0.15, 0.2) is 0 Å². The first-order chi connectivity index (χ1) is 9.00. The van der Waals surface area contributed by atoms with Gasteiger partial charge < -0.3 is 5.32 Å². The van der Waals surface area contributed by atoms with E-state index in [1.54, 1.807) is 11.8 Å². The number of nitrogens with one attached hydrogen (secondary N) is 1. The first kappa shape index (κ1) is 17.0. The molecular formula is C14H27NO2S2. The Morgan fingerprint density at radius 3 is 2.53 bits per heavy atom. The van der Waals surface area contributed by atoms with Crippen LogP contribution < -0.4 is 5.32 Å². The van der Waals surface area contributed by atoms with Gasteiger partial charge in [-0.3, -0.25) is 9.00 Å². The van der Waals surface area contributed by atoms with Crippen molar-refractivity contribution in [2.75, 3.05) is 18.1 Å². The molecule has 0 bridgehead atoms. The summed E-state index contributed by atoms with van der Waals surface area (Å²) < 4.78 is 11.8. The SMILES string of the molecule is CCSCCNC(=O)C(C)(C)S(=O)C1CCCCC1. The summed E-state index contributed by atoms with van der Waals surface area (Å²) >= 11 is 1.81. The Kier molecular flexibility index (Phi) is 7.44. The second-order valence-corrected chi connectivity index (χ2v) is 9.20. The van der Waals surface area contributed by atoms with Crippen LogP contribution in [0, 0.1) is 0 Å². The van der Waals surface area contributed by atoms with E-state index in [1.807, 2.05) is 13.8 Å². The summed E-state index contributed by atoms with van der Waals surface area (Å²) in [7, 11) is -1.07. The number of amides is 1. The number of hydrogen-bond donors (Lipinski definition) is 1. The van der Waals surface area contributed by atoms with Crippen LogP contribution in [-0.4, -0.2) is 38.2 Å². The monoisotopic (exact) mass is 305 g/mol. The number of carbonyl (C=O) groups is 1. The standard InChI is InChI=1S/C14H27NO2S2/c1-4-18-11-10-15-13(16)14(2,3)19(17)12-8-6-5-7-9-12/h12H,4-11H2,1-3H3,(H,15,16). The zero-order valence-corrected chi connectivity index (χ0v) is 14.0. The minimum Gasteiger partial charge on any atom is -0.354 e. The van der Waals surface area contributed by atoms with Gasteiger partial charge in [-0.2, -0.15) is 11.8 Å². The van der Waals surface area contributed by atoms with E-state index in [1.165, 1.54) is 6.42 Å². The van der Waals surface area contributed by atoms with E-state index in [4.69, 9.17) is 0 Å². The Balaban J connectivity index is 2.47. The van der Waals surface area contributed by atoms with E-state index in [-0.39, 0.29) is 11.2 Å². The third kappa shape index (κ3) is 5.10. The highest BCUT2D eigenvalue weighted by atomic mass is 32.2. The normalized spacial score (nSPS) is 19.1. The Hall–Kier alpha value is -0.0300. The molecule has 0 aromatic carbocycles. The first-order valence-electron chi connectivity index (χ1n) is 7.27. The molecular weight excluding hydrogens is 278 g/mol. The molecule has 0 saturated heterocycles. The smallest absolute Gasteiger partial charge is 0.238 e. The van der Waals surface area contributed by atoms with Crippen LogP contribution in [0.5, 0.6) is 0 Å². The quantitative estimate of drug-likeness (QED) is 0.736. The van der Waals surface area contributed by atoms with Crippen molar-refractivity contribution in [2.45, 2.75) is 62.9 Å². The van der Waals surface area contributed by atoms with Crippen LogP contribution in [0.4, 0.5) is 0 Å². The molecule has 1 amide bonds. The topological polar surface area (TPSA) is 46.2 Å². The van der Waals surface area contributed by atoms with Crippen LogP contribution in [0.3, 0.4) is 0 Å². The Morgan fingerprint density at radius 1 is 1.32 bits per heavy atom. The molecule has 1 rings (SSSR count). The maximum atomic E-state index is 12.6. The largest absolute Gasteiger partial charge is 0.354 e. The molecule has 19 heavy (non-hydrogen) atoms. The van der Waals surface area contributed by atoms with Crippen molar-refractivity contribution < 1.29 is 9.00 Å². The van der Waals surface area contributed by atoms with Crippen molar-refractivity contribution in [2.24, 2.45) is 0 Å². The van der Waals surface area contributed by atoms with Crippen molar-refractivity contribution in [1.82, 2.24) is 5.32 Å². The van der Waals surface area contributed by atoms with Crippen molar-refractivity contribution >= 4 is 28.5 Å². The van der Waals surface area contributed by atoms with Crippen LogP contribution in [0.2, 0.25) is 0 Å². The fourth-order valence-electron chi connectivity index (χ4n) is 2.38. The van der Waals surface area contributed by atoms with Crippen LogP contribution >= 0.6 is 11.8 Å². The average Bonchev–Trinajstić information content (AvgIpc) is 2.43. The first-order valence-corrected chi connectivity index (χ1v) is 9.63. The molecule has 3 nitrogen and oxygen atoms in total. The zero-order chi connectivity index (χ0) is 14.3. The van der Waals surface area contributed by atoms with Crippen LogP contribution in [0.25, 0.3) is 0 Å². The van der Waals surface area contributed by atoms with E-state index in [0.29, 0.717) is 6.54 Å². The highest BCUT2D eigenvalue weighted by molar-refractivity contribution is 7.99. The van der Waals surface area contributed by atoms with Crippen molar-refractivity contribution in [3.05, 3.63) is 0 Å². The van der Waals surface area contributed by atoms with Gasteiger partial charge >= 0.3 is 0 Å². The van der Waals surface area contributed by atoms with Gasteiger partial charge in [-0.1, -0.05) is 26.2 Å². The molecule has 1 fully saturated rings. The summed E-state index contributed by atoms with van der Waals surface area (Å²) in [5, 5.41) is 3.13. The minimum absolute atomic E-state index is 0.0619. The summed E-state index contributed by atoms with van der Waals surface area (Å²) in [6.45, 7) is 6.41. The molecule has 0 aromatic heterocycles. The van der Waals surface area contributed by atoms with Crippen molar-refractivity contribution in [1.29, 1.82) is 0 Å². The molecule has 1 N–H and O–H groups in total. The molecule has 0 aromatic rings. The van der Waals surface area contributed by atoms with Crippen molar-refractivity contribution in [3.63, 3.8) is 0 Å². The van der Waals surface area contributed by atoms with Gasteiger partial charge in [-0.25, -0.2) is 0 Å². The fourth-order valence-corrected chi connectivity index (χ4v) is 4.77. The highest BCUT2D eigenvalue weighted by Crippen LogP contribution is 2.28. The van der Waals surface area contributed by atoms with Crippen molar-refractivity contribution in [3.8, 4) is 0 Å². The molecule has 0 aliphatic heterocycles. The lowest BCUT2D eigenvalue weighted by molar-refractivity contribution is -0.122. The van der Waals surface area contributed by atoms with Gasteiger partial charge in [0.25, 0.3) is 0 Å². The molecule has 1 aliphatic carbocycles. The molecule has 1 saturated carbocycles. The lowest BCUT2D eigenvalue weighted by Gasteiger charge is -2.30. The third-order valence-electron chi connectivity index (χ3n) is 3.64. The summed E-state index contributed by atoms with van der Waals surface area (Å²) in [5.74, 6) is 1.93. The zero-order valence-electron chi connectivity index (χ0n) is 12.4. The predicted octanol–water partition coefficient (Wildman–Crippen LogP) is 2.72. The molecule has 0 heterocycles. The molecule has 0 spiro atoms. The summed E-state index contributed by atoms with van der Waals surface area (Å²) in [4.78, 5) is 12.2. The van der Waals surface area contributed by atoms with Gasteiger partial charge in [0.05, 0.1) is 0 Å². The fraction of sp³-hybridized carbons (Fsp3) is 0.929. The van der Waals surface area contributed by atoms with Gasteiger partial charge in [0.2, 0.25) is 5.91 Å². The molecule has 112 valence electrons. The summed E-state index contributed by atoms with van der Waals surface area (Å²) in [5.41, 5.74) is 0. The molecule has 5 heteroatoms. The van der Waals surface area contributed by atoms with Gasteiger partial charge in [0.1, 0.15) is 4.75 Å². The maximum Gasteiger partial charge on any atom is 0.238 e.